The second-order valence-electron chi connectivity index (χ2n) is 4.56. The molecule has 2 rings (SSSR count). The topological polar surface area (TPSA) is 63.6 Å². The van der Waals surface area contributed by atoms with Crippen molar-refractivity contribution in [1.29, 1.82) is 0 Å². The van der Waals surface area contributed by atoms with E-state index in [4.69, 9.17) is 0 Å². The van der Waals surface area contributed by atoms with E-state index in [1.807, 2.05) is 0 Å². The minimum absolute atomic E-state index is 0.00838. The molecule has 2 saturated carbocycles. The van der Waals surface area contributed by atoms with Gasteiger partial charge in [-0.1, -0.05) is 0 Å². The number of aliphatic hydroxyl groups is 1. The Hall–Kier alpha value is -0.900. The van der Waals surface area contributed by atoms with Crippen LogP contribution in [-0.2, 0) is 14.3 Å². The van der Waals surface area contributed by atoms with Gasteiger partial charge >= 0.3 is 5.97 Å². The van der Waals surface area contributed by atoms with Crippen LogP contribution in [0.2, 0.25) is 0 Å². The molecule has 0 heterocycles. The molecule has 0 aromatic heterocycles. The Bertz CT molecular complexity index is 286. The zero-order valence-corrected chi connectivity index (χ0v) is 8.81. The summed E-state index contributed by atoms with van der Waals surface area (Å²) in [7, 11) is 1.32. The third-order valence-electron chi connectivity index (χ3n) is 3.71. The molecule has 0 radical (unpaired) electrons. The van der Waals surface area contributed by atoms with E-state index in [0.29, 0.717) is 19.3 Å². The first kappa shape index (κ1) is 10.6. The Labute approximate surface area is 88.6 Å². The largest absolute Gasteiger partial charge is 0.468 e. The van der Waals surface area contributed by atoms with Gasteiger partial charge < -0.3 is 9.84 Å². The molecule has 4 nitrogen and oxygen atoms in total. The van der Waals surface area contributed by atoms with Crippen LogP contribution in [0.25, 0.3) is 0 Å². The molecule has 0 spiro atoms. The van der Waals surface area contributed by atoms with Crippen molar-refractivity contribution in [3.05, 3.63) is 0 Å². The summed E-state index contributed by atoms with van der Waals surface area (Å²) >= 11 is 0. The van der Waals surface area contributed by atoms with Gasteiger partial charge in [-0.05, 0) is 31.1 Å². The van der Waals surface area contributed by atoms with E-state index in [-0.39, 0.29) is 23.7 Å². The van der Waals surface area contributed by atoms with Crippen LogP contribution in [-0.4, -0.2) is 30.1 Å². The SMILES string of the molecule is COC(=O)C1C(=O)CC2CC(O)CCC21. The number of carbonyl (C=O) groups excluding carboxylic acids is 2. The van der Waals surface area contributed by atoms with E-state index in [1.165, 1.54) is 7.11 Å². The number of aliphatic hydroxyl groups excluding tert-OH is 1. The monoisotopic (exact) mass is 212 g/mol. The number of hydrogen-bond donors (Lipinski definition) is 1. The molecule has 2 aliphatic rings. The lowest BCUT2D eigenvalue weighted by Gasteiger charge is -2.30. The number of ether oxygens (including phenoxy) is 1. The van der Waals surface area contributed by atoms with Gasteiger partial charge in [0.1, 0.15) is 11.7 Å². The normalized spacial score (nSPS) is 40.0. The number of Topliss-reactive ketones (excluding diaryl/α,β-unsaturated/α-hetero) is 1. The minimum atomic E-state index is -0.563. The maximum absolute atomic E-state index is 11.7. The van der Waals surface area contributed by atoms with Crippen molar-refractivity contribution >= 4 is 11.8 Å². The lowest BCUT2D eigenvalue weighted by Crippen LogP contribution is -2.32. The molecule has 0 aliphatic heterocycles. The molecule has 0 amide bonds. The van der Waals surface area contributed by atoms with Crippen LogP contribution in [0.15, 0.2) is 0 Å². The molecule has 4 unspecified atom stereocenters. The van der Waals surface area contributed by atoms with Gasteiger partial charge in [0.25, 0.3) is 0 Å². The number of hydrogen-bond acceptors (Lipinski definition) is 4. The van der Waals surface area contributed by atoms with E-state index >= 15 is 0 Å². The fourth-order valence-corrected chi connectivity index (χ4v) is 2.99. The Morgan fingerprint density at radius 2 is 2.20 bits per heavy atom. The Balaban J connectivity index is 2.13. The maximum atomic E-state index is 11.7. The van der Waals surface area contributed by atoms with E-state index in [2.05, 4.69) is 4.74 Å². The lowest BCUT2D eigenvalue weighted by molar-refractivity contribution is -0.150. The fourth-order valence-electron chi connectivity index (χ4n) is 2.99. The summed E-state index contributed by atoms with van der Waals surface area (Å²) in [6.07, 6.45) is 2.25. The summed E-state index contributed by atoms with van der Waals surface area (Å²) in [4.78, 5) is 23.1. The third kappa shape index (κ3) is 1.78. The molecule has 0 bridgehead atoms. The Morgan fingerprint density at radius 1 is 1.47 bits per heavy atom. The van der Waals surface area contributed by atoms with Gasteiger partial charge in [0.15, 0.2) is 0 Å². The summed E-state index contributed by atoms with van der Waals surface area (Å²) in [5.41, 5.74) is 0. The molecular weight excluding hydrogens is 196 g/mol. The highest BCUT2D eigenvalue weighted by Crippen LogP contribution is 2.44. The van der Waals surface area contributed by atoms with Crippen molar-refractivity contribution in [3.63, 3.8) is 0 Å². The van der Waals surface area contributed by atoms with Gasteiger partial charge in [-0.25, -0.2) is 0 Å². The second-order valence-corrected chi connectivity index (χ2v) is 4.56. The number of rotatable bonds is 1. The Morgan fingerprint density at radius 3 is 2.87 bits per heavy atom. The fraction of sp³-hybridized carbons (Fsp3) is 0.818. The van der Waals surface area contributed by atoms with Crippen molar-refractivity contribution in [3.8, 4) is 0 Å². The molecule has 4 heteroatoms. The minimum Gasteiger partial charge on any atom is -0.468 e. The second kappa shape index (κ2) is 3.93. The van der Waals surface area contributed by atoms with Gasteiger partial charge in [0.05, 0.1) is 13.2 Å². The number of methoxy groups -OCH3 is 1. The number of esters is 1. The summed E-state index contributed by atoms with van der Waals surface area (Å²) in [6.45, 7) is 0. The van der Waals surface area contributed by atoms with E-state index < -0.39 is 11.9 Å². The van der Waals surface area contributed by atoms with E-state index in [0.717, 1.165) is 6.42 Å². The summed E-state index contributed by atoms with van der Waals surface area (Å²) in [5.74, 6) is -0.680. The zero-order valence-electron chi connectivity index (χ0n) is 8.81. The summed E-state index contributed by atoms with van der Waals surface area (Å²) in [6, 6.07) is 0. The van der Waals surface area contributed by atoms with Gasteiger partial charge in [0, 0.05) is 6.42 Å². The van der Waals surface area contributed by atoms with Gasteiger partial charge in [-0.15, -0.1) is 0 Å². The van der Waals surface area contributed by atoms with Gasteiger partial charge in [0.2, 0.25) is 0 Å². The standard InChI is InChI=1S/C11H16O4/c1-15-11(14)10-8-3-2-7(12)4-6(8)5-9(10)13/h6-8,10,12H,2-5H2,1H3. The maximum Gasteiger partial charge on any atom is 0.316 e. The van der Waals surface area contributed by atoms with Crippen molar-refractivity contribution < 1.29 is 19.4 Å². The van der Waals surface area contributed by atoms with Crippen molar-refractivity contribution in [2.75, 3.05) is 7.11 Å². The highest BCUT2D eigenvalue weighted by atomic mass is 16.5. The van der Waals surface area contributed by atoms with Crippen LogP contribution >= 0.6 is 0 Å². The molecular formula is C11H16O4. The van der Waals surface area contributed by atoms with Gasteiger partial charge in [-0.3, -0.25) is 9.59 Å². The summed E-state index contributed by atoms with van der Waals surface area (Å²) in [5, 5.41) is 9.50. The molecule has 84 valence electrons. The molecule has 15 heavy (non-hydrogen) atoms. The Kier molecular flexibility index (Phi) is 2.78. The average Bonchev–Trinajstić information content (AvgIpc) is 2.52. The highest BCUT2D eigenvalue weighted by molar-refractivity contribution is 6.01. The molecule has 1 N–H and O–H groups in total. The molecule has 2 fully saturated rings. The van der Waals surface area contributed by atoms with Crippen molar-refractivity contribution in [1.82, 2.24) is 0 Å². The van der Waals surface area contributed by atoms with E-state index in [1.54, 1.807) is 0 Å². The summed E-state index contributed by atoms with van der Waals surface area (Å²) < 4.78 is 4.66. The van der Waals surface area contributed by atoms with Crippen LogP contribution in [0, 0.1) is 17.8 Å². The van der Waals surface area contributed by atoms with Gasteiger partial charge in [-0.2, -0.15) is 0 Å². The van der Waals surface area contributed by atoms with E-state index in [9.17, 15) is 14.7 Å². The molecule has 4 atom stereocenters. The molecule has 0 aromatic carbocycles. The molecule has 0 saturated heterocycles. The van der Waals surface area contributed by atoms with Crippen LogP contribution in [0.4, 0.5) is 0 Å². The number of carbonyl (C=O) groups is 2. The predicted molar refractivity (Wildman–Crippen MR) is 52.0 cm³/mol. The number of ketones is 1. The van der Waals surface area contributed by atoms with Crippen molar-refractivity contribution in [2.45, 2.75) is 31.8 Å². The number of fused-ring (bicyclic) bond motifs is 1. The highest BCUT2D eigenvalue weighted by Gasteiger charge is 2.48. The molecule has 2 aliphatic carbocycles. The average molecular weight is 212 g/mol. The first-order valence-electron chi connectivity index (χ1n) is 5.42. The quantitative estimate of drug-likeness (QED) is 0.508. The first-order chi connectivity index (χ1) is 7.13. The smallest absolute Gasteiger partial charge is 0.316 e. The van der Waals surface area contributed by atoms with Crippen LogP contribution in [0.3, 0.4) is 0 Å². The lowest BCUT2D eigenvalue weighted by atomic mass is 9.77. The molecule has 0 aromatic rings. The predicted octanol–water partition coefficient (Wildman–Crippen LogP) is 0.526. The van der Waals surface area contributed by atoms with Crippen LogP contribution < -0.4 is 0 Å². The zero-order chi connectivity index (χ0) is 11.0. The van der Waals surface area contributed by atoms with Crippen LogP contribution in [0.1, 0.15) is 25.7 Å². The third-order valence-corrected chi connectivity index (χ3v) is 3.71. The first-order valence-corrected chi connectivity index (χ1v) is 5.42. The van der Waals surface area contributed by atoms with Crippen molar-refractivity contribution in [2.24, 2.45) is 17.8 Å². The van der Waals surface area contributed by atoms with Crippen LogP contribution in [0.5, 0.6) is 0 Å².